The highest BCUT2D eigenvalue weighted by Gasteiger charge is 2.24. The quantitative estimate of drug-likeness (QED) is 0.0244. The first kappa shape index (κ1) is 63.6. The summed E-state index contributed by atoms with van der Waals surface area (Å²) in [6.45, 7) is 6.34. The lowest BCUT2D eigenvalue weighted by Crippen LogP contribution is -2.46. The number of amides is 1. The number of aliphatic hydroxyl groups is 2. The highest BCUT2D eigenvalue weighted by molar-refractivity contribution is 5.77. The number of ether oxygens (including phenoxy) is 1. The molecule has 0 heterocycles. The van der Waals surface area contributed by atoms with Crippen LogP contribution in [0.3, 0.4) is 0 Å². The minimum Gasteiger partial charge on any atom is -0.462 e. The molecule has 0 aromatic heterocycles. The lowest BCUT2D eigenvalue weighted by molar-refractivity contribution is -0.151. The van der Waals surface area contributed by atoms with Crippen LogP contribution >= 0.6 is 0 Å². The summed E-state index contributed by atoms with van der Waals surface area (Å²) in [7, 11) is 0. The first-order valence-electron chi connectivity index (χ1n) is 28.6. The highest BCUT2D eigenvalue weighted by Crippen LogP contribution is 2.18. The lowest BCUT2D eigenvalue weighted by Gasteiger charge is -2.24. The third-order valence-electron chi connectivity index (χ3n) is 12.9. The van der Waals surface area contributed by atoms with Crippen molar-refractivity contribution in [3.8, 4) is 0 Å². The second kappa shape index (κ2) is 53.5. The number of hydrogen-bond acceptors (Lipinski definition) is 5. The number of carbonyl (C=O) groups excluding carboxylic acids is 2. The Morgan fingerprint density at radius 2 is 0.848 bits per heavy atom. The number of rotatable bonds is 51. The molecule has 1 amide bonds. The van der Waals surface area contributed by atoms with Crippen molar-refractivity contribution in [1.29, 1.82) is 0 Å². The number of allylic oxidation sites excluding steroid dienone is 10. The van der Waals surface area contributed by atoms with Gasteiger partial charge in [-0.05, 0) is 64.2 Å². The number of hydrogen-bond donors (Lipinski definition) is 3. The van der Waals surface area contributed by atoms with Crippen molar-refractivity contribution in [2.24, 2.45) is 0 Å². The molecule has 0 radical (unpaired) electrons. The van der Waals surface area contributed by atoms with E-state index in [4.69, 9.17) is 4.74 Å². The van der Waals surface area contributed by atoms with Crippen LogP contribution in [-0.4, -0.2) is 46.9 Å². The molecular formula is C60H109NO5. The maximum atomic E-state index is 13.2. The predicted octanol–water partition coefficient (Wildman–Crippen LogP) is 17.6. The van der Waals surface area contributed by atoms with Gasteiger partial charge in [0, 0.05) is 6.42 Å². The van der Waals surface area contributed by atoms with Crippen LogP contribution in [0.1, 0.15) is 284 Å². The van der Waals surface area contributed by atoms with Crippen molar-refractivity contribution < 1.29 is 24.5 Å². The van der Waals surface area contributed by atoms with E-state index >= 15 is 0 Å². The number of carbonyl (C=O) groups is 2. The topological polar surface area (TPSA) is 95.9 Å². The summed E-state index contributed by atoms with van der Waals surface area (Å²) < 4.78 is 5.91. The van der Waals surface area contributed by atoms with Crippen LogP contribution < -0.4 is 5.32 Å². The minimum atomic E-state index is -0.807. The van der Waals surface area contributed by atoms with Crippen molar-refractivity contribution in [2.45, 2.75) is 302 Å². The van der Waals surface area contributed by atoms with E-state index in [1.807, 2.05) is 36.5 Å². The summed E-state index contributed by atoms with van der Waals surface area (Å²) in [6.07, 6.45) is 67.3. The van der Waals surface area contributed by atoms with Gasteiger partial charge in [-0.1, -0.05) is 268 Å². The Labute approximate surface area is 409 Å². The van der Waals surface area contributed by atoms with Gasteiger partial charge in [0.1, 0.15) is 6.10 Å². The fourth-order valence-corrected chi connectivity index (χ4v) is 8.62. The highest BCUT2D eigenvalue weighted by atomic mass is 16.5. The molecule has 0 fully saturated rings. The summed E-state index contributed by atoms with van der Waals surface area (Å²) in [5, 5.41) is 23.8. The molecule has 0 saturated carbocycles. The Morgan fingerprint density at radius 3 is 1.30 bits per heavy atom. The molecule has 0 spiro atoms. The van der Waals surface area contributed by atoms with Gasteiger partial charge in [0.2, 0.25) is 5.91 Å². The first-order chi connectivity index (χ1) is 32.5. The van der Waals surface area contributed by atoms with E-state index in [0.717, 1.165) is 57.8 Å². The summed E-state index contributed by atoms with van der Waals surface area (Å²) in [5.41, 5.74) is 0. The van der Waals surface area contributed by atoms with E-state index in [1.54, 1.807) is 0 Å². The third kappa shape index (κ3) is 48.0. The Hall–Kier alpha value is -2.44. The monoisotopic (exact) mass is 924 g/mol. The standard InChI is InChI=1S/C60H109NO5/c1-4-7-10-13-16-19-22-24-26-28-29-31-33-35-38-41-44-47-50-53-60(65)66-56(51-48-45-42-39-36-21-18-15-12-9-6-3)54-59(64)61-57(55-62)58(63)52-49-46-43-40-37-34-32-30-27-25-23-20-17-14-11-8-5-2/h9,12,15,18,21,24,26,36,39,42,56-58,62-63H,4-8,10-11,13-14,16-17,19-20,22-23,25,27-35,37-38,40-41,43-55H2,1-3H3,(H,61,64)/b12-9+,18-15+,26-24+,36-21-,42-39-. The molecule has 3 N–H and O–H groups in total. The minimum absolute atomic E-state index is 0.0310. The van der Waals surface area contributed by atoms with Crippen LogP contribution in [0.4, 0.5) is 0 Å². The van der Waals surface area contributed by atoms with E-state index in [2.05, 4.69) is 50.4 Å². The fraction of sp³-hybridized carbons (Fsp3) is 0.800. The van der Waals surface area contributed by atoms with Gasteiger partial charge >= 0.3 is 5.97 Å². The van der Waals surface area contributed by atoms with Crippen molar-refractivity contribution in [3.05, 3.63) is 60.8 Å². The van der Waals surface area contributed by atoms with Crippen molar-refractivity contribution in [2.75, 3.05) is 6.61 Å². The zero-order chi connectivity index (χ0) is 48.1. The van der Waals surface area contributed by atoms with Gasteiger partial charge in [0.25, 0.3) is 0 Å². The van der Waals surface area contributed by atoms with E-state index in [-0.39, 0.29) is 24.9 Å². The molecule has 0 aromatic rings. The van der Waals surface area contributed by atoms with Gasteiger partial charge in [-0.15, -0.1) is 0 Å². The summed E-state index contributed by atoms with van der Waals surface area (Å²) in [4.78, 5) is 26.2. The summed E-state index contributed by atoms with van der Waals surface area (Å²) >= 11 is 0. The van der Waals surface area contributed by atoms with Crippen molar-refractivity contribution >= 4 is 11.9 Å². The zero-order valence-corrected chi connectivity index (χ0v) is 43.8. The predicted molar refractivity (Wildman–Crippen MR) is 287 cm³/mol. The molecule has 3 unspecified atom stereocenters. The van der Waals surface area contributed by atoms with Gasteiger partial charge in [-0.25, -0.2) is 0 Å². The first-order valence-corrected chi connectivity index (χ1v) is 28.6. The van der Waals surface area contributed by atoms with Crippen LogP contribution in [0.25, 0.3) is 0 Å². The van der Waals surface area contributed by atoms with Gasteiger partial charge in [-0.2, -0.15) is 0 Å². The van der Waals surface area contributed by atoms with Gasteiger partial charge < -0.3 is 20.3 Å². The third-order valence-corrected chi connectivity index (χ3v) is 12.9. The molecule has 0 bridgehead atoms. The van der Waals surface area contributed by atoms with Gasteiger partial charge in [-0.3, -0.25) is 9.59 Å². The average molecular weight is 925 g/mol. The molecular weight excluding hydrogens is 815 g/mol. The summed E-state index contributed by atoms with van der Waals surface area (Å²) in [6, 6.07) is -0.724. The average Bonchev–Trinajstić information content (AvgIpc) is 3.31. The van der Waals surface area contributed by atoms with Gasteiger partial charge in [0.15, 0.2) is 0 Å². The molecule has 384 valence electrons. The molecule has 0 aromatic carbocycles. The molecule has 6 heteroatoms. The number of unbranched alkanes of at least 4 members (excludes halogenated alkanes) is 32. The zero-order valence-electron chi connectivity index (χ0n) is 43.8. The Morgan fingerprint density at radius 1 is 0.455 bits per heavy atom. The summed E-state index contributed by atoms with van der Waals surface area (Å²) in [5.74, 6) is -0.538. The Balaban J connectivity index is 4.48. The Bertz CT molecular complexity index is 1170. The van der Waals surface area contributed by atoms with E-state index in [0.29, 0.717) is 19.3 Å². The molecule has 6 nitrogen and oxygen atoms in total. The number of nitrogens with one attached hydrogen (secondary N) is 1. The fourth-order valence-electron chi connectivity index (χ4n) is 8.62. The van der Waals surface area contributed by atoms with E-state index in [9.17, 15) is 19.8 Å². The molecule has 3 atom stereocenters. The maximum Gasteiger partial charge on any atom is 0.306 e. The molecule has 0 saturated heterocycles. The van der Waals surface area contributed by atoms with E-state index in [1.165, 1.54) is 180 Å². The largest absolute Gasteiger partial charge is 0.462 e. The van der Waals surface area contributed by atoms with Gasteiger partial charge in [0.05, 0.1) is 25.2 Å². The number of aliphatic hydroxyl groups excluding tert-OH is 2. The molecule has 0 aliphatic carbocycles. The normalized spacial score (nSPS) is 13.6. The smallest absolute Gasteiger partial charge is 0.306 e. The van der Waals surface area contributed by atoms with Crippen LogP contribution in [-0.2, 0) is 14.3 Å². The Kier molecular flexibility index (Phi) is 51.5. The lowest BCUT2D eigenvalue weighted by atomic mass is 10.0. The van der Waals surface area contributed by atoms with Crippen LogP contribution in [0.15, 0.2) is 60.8 Å². The van der Waals surface area contributed by atoms with Crippen LogP contribution in [0.5, 0.6) is 0 Å². The van der Waals surface area contributed by atoms with E-state index < -0.39 is 18.2 Å². The van der Waals surface area contributed by atoms with Crippen molar-refractivity contribution in [1.82, 2.24) is 5.32 Å². The maximum absolute atomic E-state index is 13.2. The van der Waals surface area contributed by atoms with Crippen LogP contribution in [0.2, 0.25) is 0 Å². The molecule has 0 rings (SSSR count). The van der Waals surface area contributed by atoms with Crippen molar-refractivity contribution in [3.63, 3.8) is 0 Å². The molecule has 66 heavy (non-hydrogen) atoms. The van der Waals surface area contributed by atoms with Crippen LogP contribution in [0, 0.1) is 0 Å². The second-order valence-corrected chi connectivity index (χ2v) is 19.4. The second-order valence-electron chi connectivity index (χ2n) is 19.4. The molecule has 0 aliphatic rings. The molecule has 0 aliphatic heterocycles. The SMILES string of the molecule is CC/C=C/C=C/C=C\C=C/CCCC(CC(=O)NC(CO)C(O)CCCCCCCCCCCCCCCCCCC)OC(=O)CCCCCCCCCCC/C=C/CCCCCCCC. The number of esters is 1.